The van der Waals surface area contributed by atoms with Crippen molar-refractivity contribution in [1.29, 1.82) is 0 Å². The SMILES string of the molecule is C#CC(=O)OCCCCCCOP(=O)(O)O. The minimum absolute atomic E-state index is 0.0222. The smallest absolute Gasteiger partial charge is 0.456 e. The molecule has 7 heteroatoms. The summed E-state index contributed by atoms with van der Waals surface area (Å²) in [6, 6.07) is 0. The molecule has 0 aliphatic carbocycles. The number of hydrogen-bond acceptors (Lipinski definition) is 4. The molecule has 0 rings (SSSR count). The zero-order chi connectivity index (χ0) is 12.4. The van der Waals surface area contributed by atoms with E-state index in [1.165, 1.54) is 0 Å². The second-order valence-corrected chi connectivity index (χ2v) is 4.26. The Morgan fingerprint density at radius 2 is 1.75 bits per heavy atom. The van der Waals surface area contributed by atoms with Crippen LogP contribution in [0.25, 0.3) is 0 Å². The Bertz CT molecular complexity index is 289. The fraction of sp³-hybridized carbons (Fsp3) is 0.667. The maximum atomic E-state index is 10.5. The van der Waals surface area contributed by atoms with E-state index in [-0.39, 0.29) is 13.2 Å². The number of carbonyl (C=O) groups is 1. The van der Waals surface area contributed by atoms with Crippen LogP contribution >= 0.6 is 7.82 Å². The van der Waals surface area contributed by atoms with Gasteiger partial charge in [-0.05, 0) is 19.3 Å². The minimum atomic E-state index is -4.34. The van der Waals surface area contributed by atoms with Gasteiger partial charge in [-0.2, -0.15) is 0 Å². The van der Waals surface area contributed by atoms with Crippen LogP contribution in [0.15, 0.2) is 0 Å². The maximum absolute atomic E-state index is 10.5. The fourth-order valence-corrected chi connectivity index (χ4v) is 1.31. The van der Waals surface area contributed by atoms with E-state index in [0.717, 1.165) is 12.8 Å². The number of unbranched alkanes of at least 4 members (excludes halogenated alkanes) is 3. The van der Waals surface area contributed by atoms with E-state index < -0.39 is 13.8 Å². The normalized spacial score (nSPS) is 10.8. The first-order valence-corrected chi connectivity index (χ1v) is 6.32. The first kappa shape index (κ1) is 15.1. The summed E-state index contributed by atoms with van der Waals surface area (Å²) in [5.41, 5.74) is 0. The van der Waals surface area contributed by atoms with Gasteiger partial charge in [0.1, 0.15) is 0 Å². The van der Waals surface area contributed by atoms with Gasteiger partial charge in [-0.15, -0.1) is 6.42 Å². The summed E-state index contributed by atoms with van der Waals surface area (Å²) in [5, 5.41) is 0. The maximum Gasteiger partial charge on any atom is 0.469 e. The molecule has 6 nitrogen and oxygen atoms in total. The molecule has 0 aliphatic heterocycles. The highest BCUT2D eigenvalue weighted by Gasteiger charge is 2.12. The van der Waals surface area contributed by atoms with Crippen molar-refractivity contribution in [1.82, 2.24) is 0 Å². The van der Waals surface area contributed by atoms with Crippen molar-refractivity contribution in [3.63, 3.8) is 0 Å². The van der Waals surface area contributed by atoms with Crippen LogP contribution in [0.1, 0.15) is 25.7 Å². The molecule has 0 aromatic rings. The number of phosphoric ester groups is 1. The highest BCUT2D eigenvalue weighted by atomic mass is 31.2. The topological polar surface area (TPSA) is 93.1 Å². The Balaban J connectivity index is 3.20. The molecule has 0 saturated heterocycles. The van der Waals surface area contributed by atoms with Gasteiger partial charge >= 0.3 is 13.8 Å². The van der Waals surface area contributed by atoms with Crippen molar-refractivity contribution in [3.8, 4) is 12.3 Å². The van der Waals surface area contributed by atoms with Crippen LogP contribution in [0.3, 0.4) is 0 Å². The van der Waals surface area contributed by atoms with E-state index in [0.29, 0.717) is 12.8 Å². The number of carbonyl (C=O) groups excluding carboxylic acids is 1. The van der Waals surface area contributed by atoms with Crippen LogP contribution < -0.4 is 0 Å². The summed E-state index contributed by atoms with van der Waals surface area (Å²) in [7, 11) is -4.34. The van der Waals surface area contributed by atoms with E-state index in [4.69, 9.17) is 16.2 Å². The molecule has 0 saturated carbocycles. The van der Waals surface area contributed by atoms with Gasteiger partial charge < -0.3 is 14.5 Å². The van der Waals surface area contributed by atoms with Crippen LogP contribution in [0, 0.1) is 12.3 Å². The van der Waals surface area contributed by atoms with E-state index in [1.54, 1.807) is 0 Å². The van der Waals surface area contributed by atoms with Gasteiger partial charge in [0, 0.05) is 5.92 Å². The molecule has 2 N–H and O–H groups in total. The Morgan fingerprint density at radius 3 is 2.25 bits per heavy atom. The van der Waals surface area contributed by atoms with Crippen LogP contribution in [-0.2, 0) is 18.6 Å². The number of esters is 1. The molecular weight excluding hydrogens is 235 g/mol. The van der Waals surface area contributed by atoms with Crippen LogP contribution in [-0.4, -0.2) is 29.0 Å². The van der Waals surface area contributed by atoms with E-state index >= 15 is 0 Å². The Labute approximate surface area is 94.2 Å². The lowest BCUT2D eigenvalue weighted by Gasteiger charge is -2.04. The highest BCUT2D eigenvalue weighted by molar-refractivity contribution is 7.46. The average Bonchev–Trinajstić information content (AvgIpc) is 2.20. The number of terminal acetylenes is 1. The zero-order valence-electron chi connectivity index (χ0n) is 8.79. The van der Waals surface area contributed by atoms with E-state index in [1.807, 2.05) is 5.92 Å². The minimum Gasteiger partial charge on any atom is -0.456 e. The Morgan fingerprint density at radius 1 is 1.19 bits per heavy atom. The van der Waals surface area contributed by atoms with Crippen molar-refractivity contribution < 1.29 is 28.4 Å². The monoisotopic (exact) mass is 250 g/mol. The average molecular weight is 250 g/mol. The zero-order valence-corrected chi connectivity index (χ0v) is 9.69. The largest absolute Gasteiger partial charge is 0.469 e. The molecule has 0 unspecified atom stereocenters. The van der Waals surface area contributed by atoms with Crippen molar-refractivity contribution in [2.45, 2.75) is 25.7 Å². The van der Waals surface area contributed by atoms with Crippen molar-refractivity contribution in [2.75, 3.05) is 13.2 Å². The third-order valence-electron chi connectivity index (χ3n) is 1.65. The summed E-state index contributed by atoms with van der Waals surface area (Å²) in [6.45, 7) is 0.288. The number of hydrogen-bond donors (Lipinski definition) is 2. The quantitative estimate of drug-likeness (QED) is 0.218. The van der Waals surface area contributed by atoms with Crippen molar-refractivity contribution in [2.24, 2.45) is 0 Å². The van der Waals surface area contributed by atoms with Gasteiger partial charge in [-0.1, -0.05) is 6.42 Å². The van der Waals surface area contributed by atoms with Crippen molar-refractivity contribution >= 4 is 13.8 Å². The molecule has 0 aliphatic rings. The molecule has 0 atom stereocenters. The van der Waals surface area contributed by atoms with Gasteiger partial charge in [-0.25, -0.2) is 9.36 Å². The lowest BCUT2D eigenvalue weighted by Crippen LogP contribution is -2.02. The molecule has 0 aromatic heterocycles. The van der Waals surface area contributed by atoms with Gasteiger partial charge in [0.05, 0.1) is 13.2 Å². The predicted octanol–water partition coefficient (Wildman–Crippen LogP) is 0.832. The highest BCUT2D eigenvalue weighted by Crippen LogP contribution is 2.35. The van der Waals surface area contributed by atoms with Gasteiger partial charge in [0.25, 0.3) is 0 Å². The molecule has 0 spiro atoms. The summed E-state index contributed by atoms with van der Waals surface area (Å²) in [4.78, 5) is 27.2. The summed E-state index contributed by atoms with van der Waals surface area (Å²) in [6.07, 6.45) is 7.52. The molecular formula is C9H15O6P. The summed E-state index contributed by atoms with van der Waals surface area (Å²) < 4.78 is 19.1. The lowest BCUT2D eigenvalue weighted by atomic mass is 10.2. The van der Waals surface area contributed by atoms with Gasteiger partial charge in [0.2, 0.25) is 0 Å². The van der Waals surface area contributed by atoms with Gasteiger partial charge in [0.15, 0.2) is 0 Å². The molecule has 0 bridgehead atoms. The fourth-order valence-electron chi connectivity index (χ4n) is 0.948. The van der Waals surface area contributed by atoms with Crippen LogP contribution in [0.5, 0.6) is 0 Å². The molecule has 16 heavy (non-hydrogen) atoms. The molecule has 92 valence electrons. The predicted molar refractivity (Wildman–Crippen MR) is 56.3 cm³/mol. The number of ether oxygens (including phenoxy) is 1. The third kappa shape index (κ3) is 11.2. The number of rotatable bonds is 8. The number of phosphoric acid groups is 1. The molecule has 0 aromatic carbocycles. The second kappa shape index (κ2) is 8.31. The molecule has 0 fully saturated rings. The molecule has 0 amide bonds. The van der Waals surface area contributed by atoms with Crippen LogP contribution in [0.2, 0.25) is 0 Å². The van der Waals surface area contributed by atoms with Crippen LogP contribution in [0.4, 0.5) is 0 Å². The first-order valence-electron chi connectivity index (χ1n) is 4.79. The lowest BCUT2D eigenvalue weighted by molar-refractivity contribution is -0.136. The van der Waals surface area contributed by atoms with Crippen molar-refractivity contribution in [3.05, 3.63) is 0 Å². The van der Waals surface area contributed by atoms with E-state index in [2.05, 4.69) is 9.26 Å². The summed E-state index contributed by atoms with van der Waals surface area (Å²) >= 11 is 0. The molecule has 0 radical (unpaired) electrons. The second-order valence-electron chi connectivity index (χ2n) is 3.02. The van der Waals surface area contributed by atoms with Gasteiger partial charge in [-0.3, -0.25) is 4.52 Å². The Hall–Kier alpha value is -0.860. The Kier molecular flexibility index (Phi) is 7.86. The third-order valence-corrected chi connectivity index (χ3v) is 2.17. The molecule has 0 heterocycles. The first-order chi connectivity index (χ1) is 7.45. The summed E-state index contributed by atoms with van der Waals surface area (Å²) in [5.74, 6) is 1.15. The van der Waals surface area contributed by atoms with E-state index in [9.17, 15) is 9.36 Å². The standard InChI is InChI=1S/C9H15O6P/c1-2-9(10)14-7-5-3-4-6-8-15-16(11,12)13/h1H,3-8H2,(H2,11,12,13).